The lowest BCUT2D eigenvalue weighted by atomic mass is 9.94. The van der Waals surface area contributed by atoms with Crippen LogP contribution >= 0.6 is 11.6 Å². The molecular formula is C19H23ClN2. The van der Waals surface area contributed by atoms with E-state index in [0.29, 0.717) is 6.04 Å². The fraction of sp³-hybridized carbons (Fsp3) is 0.368. The van der Waals surface area contributed by atoms with Gasteiger partial charge in [0.1, 0.15) is 0 Å². The molecule has 3 heteroatoms. The van der Waals surface area contributed by atoms with Crippen molar-refractivity contribution in [2.45, 2.75) is 38.3 Å². The SMILES string of the molecule is CC(N)C(Cc1ccc(Cl)cc1)N1CCCc2ccccc21. The topological polar surface area (TPSA) is 29.3 Å². The summed E-state index contributed by atoms with van der Waals surface area (Å²) in [6.07, 6.45) is 3.31. The van der Waals surface area contributed by atoms with Crippen molar-refractivity contribution in [2.75, 3.05) is 11.4 Å². The molecule has 22 heavy (non-hydrogen) atoms. The number of para-hydroxylation sites is 1. The normalized spacial score (nSPS) is 17.0. The molecule has 0 fully saturated rings. The molecule has 0 amide bonds. The lowest BCUT2D eigenvalue weighted by Gasteiger charge is -2.40. The van der Waals surface area contributed by atoms with Gasteiger partial charge in [-0.3, -0.25) is 0 Å². The average molecular weight is 315 g/mol. The van der Waals surface area contributed by atoms with Crippen molar-refractivity contribution in [2.24, 2.45) is 5.73 Å². The van der Waals surface area contributed by atoms with Crippen LogP contribution in [-0.4, -0.2) is 18.6 Å². The lowest BCUT2D eigenvalue weighted by molar-refractivity contribution is 0.489. The second-order valence-electron chi connectivity index (χ2n) is 6.18. The van der Waals surface area contributed by atoms with Crippen molar-refractivity contribution in [3.8, 4) is 0 Å². The molecule has 0 radical (unpaired) electrons. The van der Waals surface area contributed by atoms with E-state index in [1.807, 2.05) is 12.1 Å². The van der Waals surface area contributed by atoms with E-state index in [1.165, 1.54) is 29.7 Å². The van der Waals surface area contributed by atoms with Crippen molar-refractivity contribution < 1.29 is 0 Å². The molecule has 1 aliphatic heterocycles. The summed E-state index contributed by atoms with van der Waals surface area (Å²) in [5.41, 5.74) is 10.4. The zero-order valence-electron chi connectivity index (χ0n) is 13.0. The van der Waals surface area contributed by atoms with Crippen molar-refractivity contribution in [3.63, 3.8) is 0 Å². The molecule has 2 atom stereocenters. The summed E-state index contributed by atoms with van der Waals surface area (Å²) in [4.78, 5) is 2.50. The molecule has 116 valence electrons. The number of nitrogens with zero attached hydrogens (tertiary/aromatic N) is 1. The van der Waals surface area contributed by atoms with Crippen molar-refractivity contribution in [1.29, 1.82) is 0 Å². The summed E-state index contributed by atoms with van der Waals surface area (Å²) in [5, 5.41) is 0.782. The molecule has 1 heterocycles. The van der Waals surface area contributed by atoms with E-state index < -0.39 is 0 Å². The first kappa shape index (κ1) is 15.4. The number of aryl methyl sites for hydroxylation is 1. The van der Waals surface area contributed by atoms with E-state index in [-0.39, 0.29) is 6.04 Å². The fourth-order valence-corrected chi connectivity index (χ4v) is 3.48. The number of hydrogen-bond donors (Lipinski definition) is 1. The first-order valence-corrected chi connectivity index (χ1v) is 8.37. The Hall–Kier alpha value is -1.51. The van der Waals surface area contributed by atoms with Gasteiger partial charge in [-0.2, -0.15) is 0 Å². The number of benzene rings is 2. The maximum absolute atomic E-state index is 6.33. The molecular weight excluding hydrogens is 292 g/mol. The van der Waals surface area contributed by atoms with Crippen molar-refractivity contribution in [3.05, 3.63) is 64.7 Å². The minimum Gasteiger partial charge on any atom is -0.366 e. The fourth-order valence-electron chi connectivity index (χ4n) is 3.35. The van der Waals surface area contributed by atoms with Gasteiger partial charge in [-0.05, 0) is 55.5 Å². The summed E-state index contributed by atoms with van der Waals surface area (Å²) >= 11 is 5.99. The Bertz CT molecular complexity index is 622. The first-order chi connectivity index (χ1) is 10.6. The Labute approximate surface area is 137 Å². The summed E-state index contributed by atoms with van der Waals surface area (Å²) < 4.78 is 0. The van der Waals surface area contributed by atoms with Crippen LogP contribution in [0.25, 0.3) is 0 Å². The van der Waals surface area contributed by atoms with Crippen molar-refractivity contribution in [1.82, 2.24) is 0 Å². The van der Waals surface area contributed by atoms with E-state index >= 15 is 0 Å². The zero-order chi connectivity index (χ0) is 15.5. The summed E-state index contributed by atoms with van der Waals surface area (Å²) in [7, 11) is 0. The van der Waals surface area contributed by atoms with Gasteiger partial charge in [0.05, 0.1) is 0 Å². The van der Waals surface area contributed by atoms with Gasteiger partial charge in [-0.25, -0.2) is 0 Å². The van der Waals surface area contributed by atoms with E-state index in [2.05, 4.69) is 48.2 Å². The standard InChI is InChI=1S/C19H23ClN2/c1-14(21)19(13-15-8-10-17(20)11-9-15)22-12-4-6-16-5-2-3-7-18(16)22/h2-3,5,7-11,14,19H,4,6,12-13,21H2,1H3. The van der Waals surface area contributed by atoms with Gasteiger partial charge < -0.3 is 10.6 Å². The molecule has 0 saturated heterocycles. The lowest BCUT2D eigenvalue weighted by Crippen LogP contribution is -2.49. The number of fused-ring (bicyclic) bond motifs is 1. The average Bonchev–Trinajstić information content (AvgIpc) is 2.54. The van der Waals surface area contributed by atoms with Crippen LogP contribution in [0, 0.1) is 0 Å². The molecule has 1 aliphatic rings. The molecule has 2 nitrogen and oxygen atoms in total. The molecule has 0 aromatic heterocycles. The van der Waals surface area contributed by atoms with E-state index in [0.717, 1.165) is 18.0 Å². The number of rotatable bonds is 4. The van der Waals surface area contributed by atoms with E-state index in [9.17, 15) is 0 Å². The van der Waals surface area contributed by atoms with Crippen LogP contribution in [0.5, 0.6) is 0 Å². The number of hydrogen-bond acceptors (Lipinski definition) is 2. The Morgan fingerprint density at radius 3 is 2.59 bits per heavy atom. The second-order valence-corrected chi connectivity index (χ2v) is 6.62. The Balaban J connectivity index is 1.87. The maximum atomic E-state index is 6.33. The minimum absolute atomic E-state index is 0.113. The minimum atomic E-state index is 0.113. The highest BCUT2D eigenvalue weighted by molar-refractivity contribution is 6.30. The van der Waals surface area contributed by atoms with Gasteiger partial charge in [-0.15, -0.1) is 0 Å². The smallest absolute Gasteiger partial charge is 0.0478 e. The van der Waals surface area contributed by atoms with Crippen LogP contribution in [0.1, 0.15) is 24.5 Å². The molecule has 3 rings (SSSR count). The highest BCUT2D eigenvalue weighted by Gasteiger charge is 2.26. The van der Waals surface area contributed by atoms with Crippen LogP contribution in [-0.2, 0) is 12.8 Å². The third-order valence-electron chi connectivity index (χ3n) is 4.51. The van der Waals surface area contributed by atoms with Crippen LogP contribution in [0.15, 0.2) is 48.5 Å². The van der Waals surface area contributed by atoms with E-state index in [1.54, 1.807) is 0 Å². The quantitative estimate of drug-likeness (QED) is 0.922. The Morgan fingerprint density at radius 1 is 1.14 bits per heavy atom. The predicted molar refractivity (Wildman–Crippen MR) is 94.7 cm³/mol. The number of anilines is 1. The van der Waals surface area contributed by atoms with Crippen molar-refractivity contribution >= 4 is 17.3 Å². The highest BCUT2D eigenvalue weighted by atomic mass is 35.5. The van der Waals surface area contributed by atoms with Gasteiger partial charge in [-0.1, -0.05) is 41.9 Å². The molecule has 0 saturated carbocycles. The van der Waals surface area contributed by atoms with Crippen LogP contribution < -0.4 is 10.6 Å². The highest BCUT2D eigenvalue weighted by Crippen LogP contribution is 2.30. The van der Waals surface area contributed by atoms with Gasteiger partial charge in [0.25, 0.3) is 0 Å². The molecule has 2 aromatic carbocycles. The molecule has 2 N–H and O–H groups in total. The monoisotopic (exact) mass is 314 g/mol. The van der Waals surface area contributed by atoms with Gasteiger partial charge in [0.2, 0.25) is 0 Å². The van der Waals surface area contributed by atoms with Gasteiger partial charge >= 0.3 is 0 Å². The molecule has 2 aromatic rings. The molecule has 0 spiro atoms. The zero-order valence-corrected chi connectivity index (χ0v) is 13.8. The summed E-state index contributed by atoms with van der Waals surface area (Å²) in [6, 6.07) is 17.3. The van der Waals surface area contributed by atoms with E-state index in [4.69, 9.17) is 17.3 Å². The third kappa shape index (κ3) is 3.29. The third-order valence-corrected chi connectivity index (χ3v) is 4.76. The van der Waals surface area contributed by atoms with Crippen LogP contribution in [0.3, 0.4) is 0 Å². The molecule has 0 aliphatic carbocycles. The second kappa shape index (κ2) is 6.72. The predicted octanol–water partition coefficient (Wildman–Crippen LogP) is 4.05. The maximum Gasteiger partial charge on any atom is 0.0478 e. The molecule has 2 unspecified atom stereocenters. The van der Waals surface area contributed by atoms with Crippen LogP contribution in [0.2, 0.25) is 5.02 Å². The number of nitrogens with two attached hydrogens (primary N) is 1. The Kier molecular flexibility index (Phi) is 4.70. The number of halogens is 1. The first-order valence-electron chi connectivity index (χ1n) is 8.00. The van der Waals surface area contributed by atoms with Crippen LogP contribution in [0.4, 0.5) is 5.69 Å². The summed E-state index contributed by atoms with van der Waals surface area (Å²) in [5.74, 6) is 0. The van der Waals surface area contributed by atoms with Gasteiger partial charge in [0, 0.05) is 29.3 Å². The molecule has 0 bridgehead atoms. The largest absolute Gasteiger partial charge is 0.366 e. The Morgan fingerprint density at radius 2 is 1.86 bits per heavy atom. The summed E-state index contributed by atoms with van der Waals surface area (Å²) in [6.45, 7) is 3.19. The van der Waals surface area contributed by atoms with Gasteiger partial charge in [0.15, 0.2) is 0 Å².